The van der Waals surface area contributed by atoms with Gasteiger partial charge in [-0.25, -0.2) is 4.39 Å². The van der Waals surface area contributed by atoms with E-state index in [0.29, 0.717) is 30.2 Å². The number of hydrogen-bond acceptors (Lipinski definition) is 4. The highest BCUT2D eigenvalue weighted by molar-refractivity contribution is 7.80. The molecular weight excluding hydrogens is 327 g/mol. The van der Waals surface area contributed by atoms with Gasteiger partial charge in [0.2, 0.25) is 0 Å². The first kappa shape index (κ1) is 18.1. The highest BCUT2D eigenvalue weighted by Crippen LogP contribution is 2.07. The summed E-state index contributed by atoms with van der Waals surface area (Å²) in [5.74, 6) is -0.580. The molecule has 0 radical (unpaired) electrons. The van der Waals surface area contributed by atoms with Crippen LogP contribution in [-0.2, 0) is 9.53 Å². The van der Waals surface area contributed by atoms with Gasteiger partial charge in [0.25, 0.3) is 0 Å². The van der Waals surface area contributed by atoms with Gasteiger partial charge in [0, 0.05) is 18.7 Å². The van der Waals surface area contributed by atoms with Crippen LogP contribution in [-0.4, -0.2) is 29.8 Å². The molecule has 0 amide bonds. The molecule has 0 heterocycles. The Morgan fingerprint density at radius 1 is 1.18 bits per heavy atom. The molecule has 22 heavy (non-hydrogen) atoms. The van der Waals surface area contributed by atoms with Crippen LogP contribution in [0.4, 0.5) is 10.1 Å². The van der Waals surface area contributed by atoms with E-state index in [1.54, 1.807) is 12.1 Å². The van der Waals surface area contributed by atoms with Gasteiger partial charge in [-0.2, -0.15) is 0 Å². The van der Waals surface area contributed by atoms with Crippen LogP contribution in [0.5, 0.6) is 0 Å². The molecule has 1 aromatic rings. The van der Waals surface area contributed by atoms with E-state index in [4.69, 9.17) is 24.4 Å². The van der Waals surface area contributed by atoms with Gasteiger partial charge in [-0.1, -0.05) is 0 Å². The summed E-state index contributed by atoms with van der Waals surface area (Å²) in [6, 6.07) is 5.77. The van der Waals surface area contributed by atoms with Crippen molar-refractivity contribution in [1.82, 2.24) is 16.2 Å². The van der Waals surface area contributed by atoms with Crippen molar-refractivity contribution in [2.24, 2.45) is 0 Å². The second kappa shape index (κ2) is 9.85. The second-order valence-corrected chi connectivity index (χ2v) is 4.96. The number of benzene rings is 1. The van der Waals surface area contributed by atoms with E-state index in [1.165, 1.54) is 19.2 Å². The van der Waals surface area contributed by atoms with Crippen LogP contribution in [0, 0.1) is 5.82 Å². The smallest absolute Gasteiger partial charge is 0.305 e. The number of esters is 1. The molecule has 0 atom stereocenters. The van der Waals surface area contributed by atoms with E-state index in [1.807, 2.05) is 0 Å². The first-order valence-corrected chi connectivity index (χ1v) is 7.26. The molecule has 0 fully saturated rings. The zero-order valence-corrected chi connectivity index (χ0v) is 13.6. The van der Waals surface area contributed by atoms with Crippen LogP contribution in [0.1, 0.15) is 12.8 Å². The van der Waals surface area contributed by atoms with Crippen molar-refractivity contribution in [3.8, 4) is 0 Å². The number of anilines is 1. The van der Waals surface area contributed by atoms with Crippen molar-refractivity contribution in [3.63, 3.8) is 0 Å². The maximum atomic E-state index is 12.8. The quantitative estimate of drug-likeness (QED) is 0.277. The Kier molecular flexibility index (Phi) is 8.08. The summed E-state index contributed by atoms with van der Waals surface area (Å²) in [7, 11) is 1.35. The topological polar surface area (TPSA) is 74.4 Å². The van der Waals surface area contributed by atoms with E-state index in [9.17, 15) is 9.18 Å². The number of nitrogens with one attached hydrogen (secondary N) is 4. The van der Waals surface area contributed by atoms with Crippen molar-refractivity contribution >= 4 is 46.3 Å². The maximum Gasteiger partial charge on any atom is 0.305 e. The Morgan fingerprint density at radius 3 is 2.45 bits per heavy atom. The molecule has 6 nitrogen and oxygen atoms in total. The molecule has 0 bridgehead atoms. The van der Waals surface area contributed by atoms with Gasteiger partial charge < -0.3 is 15.4 Å². The number of rotatable bonds is 5. The Bertz CT molecular complexity index is 525. The fourth-order valence-electron chi connectivity index (χ4n) is 1.39. The number of methoxy groups -OCH3 is 1. The third-order valence-corrected chi connectivity index (χ3v) is 2.91. The van der Waals surface area contributed by atoms with Gasteiger partial charge >= 0.3 is 5.97 Å². The summed E-state index contributed by atoms with van der Waals surface area (Å²) in [6.07, 6.45) is 0.927. The largest absolute Gasteiger partial charge is 0.469 e. The van der Waals surface area contributed by atoms with E-state index in [2.05, 4.69) is 26.2 Å². The van der Waals surface area contributed by atoms with Crippen molar-refractivity contribution in [2.45, 2.75) is 12.8 Å². The van der Waals surface area contributed by atoms with Crippen molar-refractivity contribution < 1.29 is 13.9 Å². The van der Waals surface area contributed by atoms with Crippen molar-refractivity contribution in [1.29, 1.82) is 0 Å². The summed E-state index contributed by atoms with van der Waals surface area (Å²) >= 11 is 10.1. The third-order valence-electron chi connectivity index (χ3n) is 2.46. The summed E-state index contributed by atoms with van der Waals surface area (Å²) in [5, 5.41) is 6.38. The lowest BCUT2D eigenvalue weighted by atomic mass is 10.3. The van der Waals surface area contributed by atoms with Gasteiger partial charge in [0.15, 0.2) is 10.2 Å². The number of hydrogen-bond donors (Lipinski definition) is 4. The Labute approximate surface area is 138 Å². The van der Waals surface area contributed by atoms with Crippen LogP contribution >= 0.6 is 24.4 Å². The molecule has 0 spiro atoms. The minimum atomic E-state index is -0.320. The molecular formula is C13H17FN4O2S2. The van der Waals surface area contributed by atoms with Gasteiger partial charge in [0.05, 0.1) is 7.11 Å². The first-order valence-electron chi connectivity index (χ1n) is 6.44. The molecule has 120 valence electrons. The summed E-state index contributed by atoms with van der Waals surface area (Å²) in [5.41, 5.74) is 6.03. The fourth-order valence-corrected chi connectivity index (χ4v) is 1.71. The van der Waals surface area contributed by atoms with Gasteiger partial charge in [-0.05, 0) is 55.1 Å². The first-order chi connectivity index (χ1) is 10.5. The number of hydrazine groups is 1. The predicted molar refractivity (Wildman–Crippen MR) is 90.7 cm³/mol. The average molecular weight is 344 g/mol. The third kappa shape index (κ3) is 7.70. The monoisotopic (exact) mass is 344 g/mol. The predicted octanol–water partition coefficient (Wildman–Crippen LogP) is 1.44. The number of carbonyl (C=O) groups is 1. The standard InChI is InChI=1S/C13H17FN4O2S2/c1-20-11(19)3-2-8-15-12(21)17-18-13(22)16-10-6-4-9(14)5-7-10/h4-7H,2-3,8H2,1H3,(H2,15,17,21)(H2,16,18,22). The molecule has 0 aliphatic heterocycles. The number of thiocarbonyl (C=S) groups is 2. The molecule has 0 aliphatic carbocycles. The van der Waals surface area contributed by atoms with Crippen LogP contribution < -0.4 is 21.5 Å². The lowest BCUT2D eigenvalue weighted by Gasteiger charge is -2.14. The minimum absolute atomic E-state index is 0.261. The van der Waals surface area contributed by atoms with Gasteiger partial charge in [0.1, 0.15) is 5.82 Å². The van der Waals surface area contributed by atoms with E-state index in [-0.39, 0.29) is 16.9 Å². The van der Waals surface area contributed by atoms with Crippen molar-refractivity contribution in [2.75, 3.05) is 19.0 Å². The Hall–Kier alpha value is -2.00. The average Bonchev–Trinajstić information content (AvgIpc) is 2.51. The van der Waals surface area contributed by atoms with Crippen LogP contribution in [0.3, 0.4) is 0 Å². The molecule has 0 aromatic heterocycles. The van der Waals surface area contributed by atoms with E-state index < -0.39 is 0 Å². The van der Waals surface area contributed by atoms with Gasteiger partial charge in [-0.3, -0.25) is 15.6 Å². The Balaban J connectivity index is 2.16. The lowest BCUT2D eigenvalue weighted by Crippen LogP contribution is -2.48. The van der Waals surface area contributed by atoms with E-state index in [0.717, 1.165) is 0 Å². The molecule has 9 heteroatoms. The minimum Gasteiger partial charge on any atom is -0.469 e. The molecule has 0 aliphatic rings. The second-order valence-electron chi connectivity index (χ2n) is 4.15. The molecule has 1 aromatic carbocycles. The highest BCUT2D eigenvalue weighted by atomic mass is 32.1. The summed E-state index contributed by atoms with van der Waals surface area (Å²) in [4.78, 5) is 10.9. The van der Waals surface area contributed by atoms with E-state index >= 15 is 0 Å². The molecule has 0 saturated heterocycles. The number of halogens is 1. The van der Waals surface area contributed by atoms with Crippen LogP contribution in [0.15, 0.2) is 24.3 Å². The maximum absolute atomic E-state index is 12.8. The van der Waals surface area contributed by atoms with Crippen LogP contribution in [0.2, 0.25) is 0 Å². The molecule has 4 N–H and O–H groups in total. The Morgan fingerprint density at radius 2 is 1.82 bits per heavy atom. The lowest BCUT2D eigenvalue weighted by molar-refractivity contribution is -0.140. The van der Waals surface area contributed by atoms with Gasteiger partial charge in [-0.15, -0.1) is 0 Å². The number of ether oxygens (including phenoxy) is 1. The summed E-state index contributed by atoms with van der Waals surface area (Å²) < 4.78 is 17.3. The zero-order chi connectivity index (χ0) is 16.4. The van der Waals surface area contributed by atoms with Crippen LogP contribution in [0.25, 0.3) is 0 Å². The summed E-state index contributed by atoms with van der Waals surface area (Å²) in [6.45, 7) is 0.529. The number of carbonyl (C=O) groups excluding carboxylic acids is 1. The molecule has 0 unspecified atom stereocenters. The highest BCUT2D eigenvalue weighted by Gasteiger charge is 2.01. The van der Waals surface area contributed by atoms with Crippen molar-refractivity contribution in [3.05, 3.63) is 30.1 Å². The molecule has 1 rings (SSSR count). The normalized spacial score (nSPS) is 9.55. The molecule has 0 saturated carbocycles. The zero-order valence-electron chi connectivity index (χ0n) is 11.9. The SMILES string of the molecule is COC(=O)CCCNC(=S)NNC(=S)Nc1ccc(F)cc1. The fraction of sp³-hybridized carbons (Fsp3) is 0.308.